The Kier molecular flexibility index (Phi) is 6.45. The van der Waals surface area contributed by atoms with Crippen LogP contribution in [0.1, 0.15) is 26.3 Å². The summed E-state index contributed by atoms with van der Waals surface area (Å²) < 4.78 is 37.9. The molecule has 3 aromatic rings. The van der Waals surface area contributed by atoms with Gasteiger partial charge in [0.2, 0.25) is 10.0 Å². The van der Waals surface area contributed by atoms with E-state index in [4.69, 9.17) is 9.47 Å². The average molecular weight is 483 g/mol. The van der Waals surface area contributed by atoms with Crippen LogP contribution in [0.5, 0.6) is 11.5 Å². The third kappa shape index (κ3) is 5.28. The van der Waals surface area contributed by atoms with Crippen LogP contribution in [0.25, 0.3) is 10.8 Å². The molecule has 1 N–H and O–H groups in total. The molecule has 180 valence electrons. The van der Waals surface area contributed by atoms with Crippen molar-refractivity contribution in [1.82, 2.24) is 5.32 Å². The second kappa shape index (κ2) is 9.18. The zero-order valence-electron chi connectivity index (χ0n) is 19.9. The predicted octanol–water partition coefficient (Wildman–Crippen LogP) is 3.86. The lowest BCUT2D eigenvalue weighted by atomic mass is 9.86. The Morgan fingerprint density at radius 3 is 2.53 bits per heavy atom. The van der Waals surface area contributed by atoms with Crippen LogP contribution in [0.15, 0.2) is 60.7 Å². The molecule has 1 amide bonds. The largest absolute Gasteiger partial charge is 0.492 e. The molecule has 1 unspecified atom stereocenters. The van der Waals surface area contributed by atoms with Crippen LogP contribution in [0.3, 0.4) is 0 Å². The lowest BCUT2D eigenvalue weighted by Gasteiger charge is -2.35. The predicted molar refractivity (Wildman–Crippen MR) is 134 cm³/mol. The lowest BCUT2D eigenvalue weighted by Crippen LogP contribution is -2.51. The van der Waals surface area contributed by atoms with Crippen LogP contribution in [-0.4, -0.2) is 46.4 Å². The standard InChI is InChI=1S/C26H30N2O5S/c1-26(2,3)20-10-12-23-22(16-20)28(34(4,30)31)17-24(33-23)25(29)27-13-14-32-21-11-9-18-7-5-6-8-19(18)15-21/h5-12,15-16,24H,13-14,17H2,1-4H3,(H,27,29). The molecule has 0 bridgehead atoms. The second-order valence-electron chi connectivity index (χ2n) is 9.48. The number of hydrogen-bond acceptors (Lipinski definition) is 5. The van der Waals surface area contributed by atoms with E-state index in [0.717, 1.165) is 22.6 Å². The van der Waals surface area contributed by atoms with E-state index < -0.39 is 16.1 Å². The van der Waals surface area contributed by atoms with Crippen molar-refractivity contribution in [3.8, 4) is 11.5 Å². The molecule has 0 fully saturated rings. The summed E-state index contributed by atoms with van der Waals surface area (Å²) in [5, 5.41) is 4.99. The SMILES string of the molecule is CC(C)(C)c1ccc2c(c1)N(S(C)(=O)=O)CC(C(=O)NCCOc1ccc3ccccc3c1)O2. The maximum atomic E-state index is 12.8. The third-order valence-electron chi connectivity index (χ3n) is 5.78. The number of benzene rings is 3. The molecule has 4 rings (SSSR count). The van der Waals surface area contributed by atoms with Gasteiger partial charge in [0.15, 0.2) is 6.10 Å². The van der Waals surface area contributed by atoms with Crippen LogP contribution in [-0.2, 0) is 20.2 Å². The van der Waals surface area contributed by atoms with Crippen molar-refractivity contribution in [3.63, 3.8) is 0 Å². The molecule has 1 aliphatic rings. The first kappa shape index (κ1) is 23.9. The number of carbonyl (C=O) groups excluding carboxylic acids is 1. The molecule has 1 aliphatic heterocycles. The highest BCUT2D eigenvalue weighted by Crippen LogP contribution is 2.38. The van der Waals surface area contributed by atoms with Gasteiger partial charge in [-0.25, -0.2) is 8.42 Å². The average Bonchev–Trinajstić information content (AvgIpc) is 2.79. The normalized spacial score (nSPS) is 16.0. The Hall–Kier alpha value is -3.26. The van der Waals surface area contributed by atoms with Gasteiger partial charge in [0.05, 0.1) is 25.0 Å². The van der Waals surface area contributed by atoms with Crippen LogP contribution in [0.2, 0.25) is 0 Å². The number of carbonyl (C=O) groups is 1. The summed E-state index contributed by atoms with van der Waals surface area (Å²) in [6, 6.07) is 19.3. The third-order valence-corrected chi connectivity index (χ3v) is 6.92. The summed E-state index contributed by atoms with van der Waals surface area (Å²) in [6.45, 7) is 6.62. The first-order valence-corrected chi connectivity index (χ1v) is 13.1. The number of fused-ring (bicyclic) bond motifs is 2. The molecule has 0 spiro atoms. The minimum atomic E-state index is -3.60. The lowest BCUT2D eigenvalue weighted by molar-refractivity contribution is -0.127. The van der Waals surface area contributed by atoms with Crippen LogP contribution in [0, 0.1) is 0 Å². The number of amides is 1. The van der Waals surface area contributed by atoms with E-state index in [1.54, 1.807) is 6.07 Å². The summed E-state index contributed by atoms with van der Waals surface area (Å²) >= 11 is 0. The molecule has 8 heteroatoms. The number of nitrogens with one attached hydrogen (secondary N) is 1. The first-order valence-electron chi connectivity index (χ1n) is 11.2. The maximum absolute atomic E-state index is 12.8. The number of anilines is 1. The van der Waals surface area contributed by atoms with Gasteiger partial charge >= 0.3 is 0 Å². The highest BCUT2D eigenvalue weighted by Gasteiger charge is 2.35. The molecule has 0 radical (unpaired) electrons. The van der Waals surface area contributed by atoms with Crippen LogP contribution < -0.4 is 19.1 Å². The molecule has 0 aliphatic carbocycles. The Balaban J connectivity index is 1.40. The summed E-state index contributed by atoms with van der Waals surface area (Å²) in [5.74, 6) is 0.701. The van der Waals surface area contributed by atoms with Crippen molar-refractivity contribution < 1.29 is 22.7 Å². The van der Waals surface area contributed by atoms with Gasteiger partial charge in [-0.3, -0.25) is 9.10 Å². The Bertz CT molecular complexity index is 1310. The summed E-state index contributed by atoms with van der Waals surface area (Å²) in [4.78, 5) is 12.8. The summed E-state index contributed by atoms with van der Waals surface area (Å²) in [7, 11) is -3.60. The Labute approximate surface area is 200 Å². The van der Waals surface area contributed by atoms with Crippen LogP contribution in [0.4, 0.5) is 5.69 Å². The molecule has 0 saturated heterocycles. The number of nitrogens with zero attached hydrogens (tertiary/aromatic N) is 1. The van der Waals surface area contributed by atoms with Gasteiger partial charge in [-0.05, 0) is 46.0 Å². The second-order valence-corrected chi connectivity index (χ2v) is 11.4. The Morgan fingerprint density at radius 1 is 1.09 bits per heavy atom. The van der Waals surface area contributed by atoms with E-state index in [0.29, 0.717) is 17.2 Å². The van der Waals surface area contributed by atoms with Crippen molar-refractivity contribution in [3.05, 3.63) is 66.2 Å². The molecule has 0 saturated carbocycles. The van der Waals surface area contributed by atoms with Gasteiger partial charge in [-0.1, -0.05) is 57.2 Å². The fourth-order valence-corrected chi connectivity index (χ4v) is 4.79. The van der Waals surface area contributed by atoms with Crippen molar-refractivity contribution >= 4 is 32.4 Å². The topological polar surface area (TPSA) is 84.9 Å². The van der Waals surface area contributed by atoms with Gasteiger partial charge in [-0.2, -0.15) is 0 Å². The van der Waals surface area contributed by atoms with E-state index >= 15 is 0 Å². The highest BCUT2D eigenvalue weighted by molar-refractivity contribution is 7.92. The van der Waals surface area contributed by atoms with E-state index in [1.807, 2.05) is 54.6 Å². The number of ether oxygens (including phenoxy) is 2. The first-order chi connectivity index (χ1) is 16.0. The smallest absolute Gasteiger partial charge is 0.263 e. The molecule has 0 aromatic heterocycles. The van der Waals surface area contributed by atoms with Gasteiger partial charge in [0, 0.05) is 0 Å². The van der Waals surface area contributed by atoms with Gasteiger partial charge in [0.25, 0.3) is 5.91 Å². The van der Waals surface area contributed by atoms with E-state index in [-0.39, 0.29) is 31.0 Å². The van der Waals surface area contributed by atoms with Crippen molar-refractivity contribution in [1.29, 1.82) is 0 Å². The van der Waals surface area contributed by atoms with E-state index in [2.05, 4.69) is 26.1 Å². The van der Waals surface area contributed by atoms with Crippen molar-refractivity contribution in [2.45, 2.75) is 32.3 Å². The highest BCUT2D eigenvalue weighted by atomic mass is 32.2. The monoisotopic (exact) mass is 482 g/mol. The summed E-state index contributed by atoms with van der Waals surface area (Å²) in [5.41, 5.74) is 1.29. The minimum absolute atomic E-state index is 0.0865. The van der Waals surface area contributed by atoms with Crippen LogP contribution >= 0.6 is 0 Å². The molecule has 1 heterocycles. The Morgan fingerprint density at radius 2 is 1.82 bits per heavy atom. The molecule has 34 heavy (non-hydrogen) atoms. The molecular weight excluding hydrogens is 452 g/mol. The van der Waals surface area contributed by atoms with Crippen molar-refractivity contribution in [2.75, 3.05) is 30.3 Å². The van der Waals surface area contributed by atoms with E-state index in [1.165, 1.54) is 4.31 Å². The fraction of sp³-hybridized carbons (Fsp3) is 0.346. The van der Waals surface area contributed by atoms with Crippen molar-refractivity contribution in [2.24, 2.45) is 0 Å². The number of rotatable bonds is 6. The molecular formula is C26H30N2O5S. The van der Waals surface area contributed by atoms with E-state index in [9.17, 15) is 13.2 Å². The molecule has 1 atom stereocenters. The zero-order chi connectivity index (χ0) is 24.5. The number of hydrogen-bond donors (Lipinski definition) is 1. The molecule has 7 nitrogen and oxygen atoms in total. The van der Waals surface area contributed by atoms with Gasteiger partial charge < -0.3 is 14.8 Å². The quantitative estimate of drug-likeness (QED) is 0.540. The van der Waals surface area contributed by atoms with Gasteiger partial charge in [0.1, 0.15) is 18.1 Å². The zero-order valence-corrected chi connectivity index (χ0v) is 20.7. The van der Waals surface area contributed by atoms with Gasteiger partial charge in [-0.15, -0.1) is 0 Å². The summed E-state index contributed by atoms with van der Waals surface area (Å²) in [6.07, 6.45) is 0.182. The molecule has 3 aromatic carbocycles. The fourth-order valence-electron chi connectivity index (χ4n) is 3.88. The number of sulfonamides is 1. The maximum Gasteiger partial charge on any atom is 0.263 e. The minimum Gasteiger partial charge on any atom is -0.492 e.